The lowest BCUT2D eigenvalue weighted by Gasteiger charge is -1.95. The Kier molecular flexibility index (Phi) is 2.29. The summed E-state index contributed by atoms with van der Waals surface area (Å²) in [5.41, 5.74) is 1.09. The lowest BCUT2D eigenvalue weighted by atomic mass is 10.3. The molecule has 0 aliphatic heterocycles. The quantitative estimate of drug-likeness (QED) is 0.700. The van der Waals surface area contributed by atoms with Gasteiger partial charge in [0.15, 0.2) is 5.58 Å². The molecule has 0 saturated carbocycles. The van der Waals surface area contributed by atoms with Gasteiger partial charge in [-0.3, -0.25) is 0 Å². The van der Waals surface area contributed by atoms with E-state index in [1.54, 1.807) is 25.3 Å². The first-order valence-corrected chi connectivity index (χ1v) is 4.27. The summed E-state index contributed by atoms with van der Waals surface area (Å²) in [7, 11) is 2.83. The molecule has 5 nitrogen and oxygen atoms in total. The maximum Gasteiger partial charge on any atom is 0.394 e. The molecule has 2 rings (SSSR count). The molecule has 0 bridgehead atoms. The molecule has 5 heteroatoms. The molecule has 2 aromatic rings. The van der Waals surface area contributed by atoms with Crippen molar-refractivity contribution in [3.05, 3.63) is 24.1 Å². The number of carbonyl (C=O) groups excluding carboxylic acids is 1. The third-order valence-electron chi connectivity index (χ3n) is 1.96. The van der Waals surface area contributed by atoms with Crippen molar-refractivity contribution in [1.29, 1.82) is 0 Å². The first-order chi connectivity index (χ1) is 7.24. The van der Waals surface area contributed by atoms with Crippen LogP contribution in [-0.4, -0.2) is 25.2 Å². The molecule has 0 aliphatic carbocycles. The number of hydrogen-bond donors (Lipinski definition) is 0. The SMILES string of the molecule is COC(=O)c1nc2ccc(OC)cc2o1. The van der Waals surface area contributed by atoms with Gasteiger partial charge in [-0.05, 0) is 12.1 Å². The minimum Gasteiger partial charge on any atom is -0.497 e. The first kappa shape index (κ1) is 9.51. The third-order valence-corrected chi connectivity index (χ3v) is 1.96. The van der Waals surface area contributed by atoms with E-state index in [1.807, 2.05) is 0 Å². The number of ether oxygens (including phenoxy) is 2. The molecule has 0 spiro atoms. The summed E-state index contributed by atoms with van der Waals surface area (Å²) >= 11 is 0. The second-order valence-corrected chi connectivity index (χ2v) is 2.84. The number of rotatable bonds is 2. The summed E-state index contributed by atoms with van der Waals surface area (Å²) in [6.07, 6.45) is 0. The van der Waals surface area contributed by atoms with Gasteiger partial charge in [-0.2, -0.15) is 0 Å². The van der Waals surface area contributed by atoms with Crippen molar-refractivity contribution in [2.75, 3.05) is 14.2 Å². The van der Waals surface area contributed by atoms with Crippen LogP contribution in [0.25, 0.3) is 11.1 Å². The highest BCUT2D eigenvalue weighted by molar-refractivity contribution is 5.88. The summed E-state index contributed by atoms with van der Waals surface area (Å²) in [4.78, 5) is 15.1. The molecule has 0 radical (unpaired) electrons. The monoisotopic (exact) mass is 207 g/mol. The van der Waals surface area contributed by atoms with E-state index in [2.05, 4.69) is 9.72 Å². The van der Waals surface area contributed by atoms with E-state index in [0.29, 0.717) is 16.8 Å². The largest absolute Gasteiger partial charge is 0.497 e. The van der Waals surface area contributed by atoms with Crippen molar-refractivity contribution >= 4 is 17.1 Å². The molecule has 0 atom stereocenters. The van der Waals surface area contributed by atoms with Gasteiger partial charge in [0.05, 0.1) is 14.2 Å². The molecule has 0 saturated heterocycles. The number of oxazole rings is 1. The standard InChI is InChI=1S/C10H9NO4/c1-13-6-3-4-7-8(5-6)15-9(11-7)10(12)14-2/h3-5H,1-2H3. The molecular weight excluding hydrogens is 198 g/mol. The fraction of sp³-hybridized carbons (Fsp3) is 0.200. The van der Waals surface area contributed by atoms with E-state index in [-0.39, 0.29) is 5.89 Å². The fourth-order valence-electron chi connectivity index (χ4n) is 1.21. The maximum atomic E-state index is 11.1. The molecule has 78 valence electrons. The molecule has 0 fully saturated rings. The van der Waals surface area contributed by atoms with Gasteiger partial charge in [-0.15, -0.1) is 0 Å². The van der Waals surface area contributed by atoms with Crippen LogP contribution in [0.5, 0.6) is 5.75 Å². The van der Waals surface area contributed by atoms with Crippen LogP contribution in [0.2, 0.25) is 0 Å². The molecule has 1 aromatic heterocycles. The normalized spacial score (nSPS) is 10.3. The van der Waals surface area contributed by atoms with E-state index in [1.165, 1.54) is 7.11 Å². The Balaban J connectivity index is 2.51. The lowest BCUT2D eigenvalue weighted by Crippen LogP contribution is -2.00. The van der Waals surface area contributed by atoms with Gasteiger partial charge in [0.2, 0.25) is 0 Å². The van der Waals surface area contributed by atoms with Gasteiger partial charge in [0.1, 0.15) is 11.3 Å². The zero-order valence-electron chi connectivity index (χ0n) is 8.31. The van der Waals surface area contributed by atoms with Gasteiger partial charge in [0.25, 0.3) is 0 Å². The number of carbonyl (C=O) groups is 1. The fourth-order valence-corrected chi connectivity index (χ4v) is 1.21. The Hall–Kier alpha value is -2.04. The van der Waals surface area contributed by atoms with Crippen LogP contribution in [0.3, 0.4) is 0 Å². The molecule has 0 aliphatic rings. The van der Waals surface area contributed by atoms with E-state index < -0.39 is 5.97 Å². The van der Waals surface area contributed by atoms with Crippen molar-refractivity contribution < 1.29 is 18.7 Å². The Morgan fingerprint density at radius 2 is 2.20 bits per heavy atom. The smallest absolute Gasteiger partial charge is 0.394 e. The van der Waals surface area contributed by atoms with Crippen LogP contribution in [0.1, 0.15) is 10.7 Å². The highest BCUT2D eigenvalue weighted by Gasteiger charge is 2.14. The number of fused-ring (bicyclic) bond motifs is 1. The minimum atomic E-state index is -0.592. The second kappa shape index (κ2) is 3.61. The van der Waals surface area contributed by atoms with Gasteiger partial charge < -0.3 is 13.9 Å². The summed E-state index contributed by atoms with van der Waals surface area (Å²) in [5.74, 6) is 0.000913. The Morgan fingerprint density at radius 1 is 1.40 bits per heavy atom. The van der Waals surface area contributed by atoms with E-state index in [0.717, 1.165) is 0 Å². The summed E-state index contributed by atoms with van der Waals surface area (Å²) in [6, 6.07) is 5.12. The van der Waals surface area contributed by atoms with Gasteiger partial charge in [-0.1, -0.05) is 0 Å². The van der Waals surface area contributed by atoms with Gasteiger partial charge >= 0.3 is 11.9 Å². The van der Waals surface area contributed by atoms with Crippen LogP contribution >= 0.6 is 0 Å². The van der Waals surface area contributed by atoms with Crippen LogP contribution in [0, 0.1) is 0 Å². The molecule has 1 aromatic carbocycles. The zero-order valence-corrected chi connectivity index (χ0v) is 8.31. The van der Waals surface area contributed by atoms with Crippen LogP contribution in [0.15, 0.2) is 22.6 Å². The average molecular weight is 207 g/mol. The molecule has 0 N–H and O–H groups in total. The molecule has 1 heterocycles. The number of methoxy groups -OCH3 is 2. The molecule has 0 amide bonds. The number of benzene rings is 1. The summed E-state index contributed by atoms with van der Waals surface area (Å²) in [5, 5.41) is 0. The van der Waals surface area contributed by atoms with E-state index in [9.17, 15) is 4.79 Å². The first-order valence-electron chi connectivity index (χ1n) is 4.27. The van der Waals surface area contributed by atoms with Gasteiger partial charge in [0, 0.05) is 6.07 Å². The zero-order chi connectivity index (χ0) is 10.8. The Labute approximate surface area is 85.6 Å². The lowest BCUT2D eigenvalue weighted by molar-refractivity contribution is 0.0558. The predicted molar refractivity (Wildman–Crippen MR) is 51.9 cm³/mol. The Morgan fingerprint density at radius 3 is 2.87 bits per heavy atom. The number of hydrogen-bond acceptors (Lipinski definition) is 5. The Bertz CT molecular complexity index is 503. The van der Waals surface area contributed by atoms with Crippen molar-refractivity contribution in [2.24, 2.45) is 0 Å². The number of esters is 1. The minimum absolute atomic E-state index is 0.0549. The van der Waals surface area contributed by atoms with Crippen molar-refractivity contribution in [2.45, 2.75) is 0 Å². The molecule has 0 unspecified atom stereocenters. The van der Waals surface area contributed by atoms with Crippen LogP contribution in [0.4, 0.5) is 0 Å². The topological polar surface area (TPSA) is 61.6 Å². The number of nitrogens with zero attached hydrogens (tertiary/aromatic N) is 1. The van der Waals surface area contributed by atoms with E-state index >= 15 is 0 Å². The van der Waals surface area contributed by atoms with Crippen LogP contribution < -0.4 is 4.74 Å². The predicted octanol–water partition coefficient (Wildman–Crippen LogP) is 1.62. The molecule has 15 heavy (non-hydrogen) atoms. The average Bonchev–Trinajstić information content (AvgIpc) is 2.70. The van der Waals surface area contributed by atoms with E-state index in [4.69, 9.17) is 9.15 Å². The van der Waals surface area contributed by atoms with Crippen LogP contribution in [-0.2, 0) is 4.74 Å². The van der Waals surface area contributed by atoms with Gasteiger partial charge in [-0.25, -0.2) is 9.78 Å². The summed E-state index contributed by atoms with van der Waals surface area (Å²) < 4.78 is 14.7. The van der Waals surface area contributed by atoms with Crippen molar-refractivity contribution in [1.82, 2.24) is 4.98 Å². The number of aromatic nitrogens is 1. The summed E-state index contributed by atoms with van der Waals surface area (Å²) in [6.45, 7) is 0. The third kappa shape index (κ3) is 1.63. The maximum absolute atomic E-state index is 11.1. The van der Waals surface area contributed by atoms with Crippen molar-refractivity contribution in [3.8, 4) is 5.75 Å². The second-order valence-electron chi connectivity index (χ2n) is 2.84. The van der Waals surface area contributed by atoms with Crippen molar-refractivity contribution in [3.63, 3.8) is 0 Å². The highest BCUT2D eigenvalue weighted by Crippen LogP contribution is 2.21. The highest BCUT2D eigenvalue weighted by atomic mass is 16.5. The molecular formula is C10H9NO4.